The zero-order chi connectivity index (χ0) is 18.7. The third-order valence-corrected chi connectivity index (χ3v) is 5.45. The molecule has 0 saturated carbocycles. The summed E-state index contributed by atoms with van der Waals surface area (Å²) in [7, 11) is 0. The number of hydrogen-bond donors (Lipinski definition) is 1. The fraction of sp³-hybridized carbons (Fsp3) is 0.167. The molecule has 26 heavy (non-hydrogen) atoms. The van der Waals surface area contributed by atoms with Crippen LogP contribution in [0.3, 0.4) is 0 Å². The van der Waals surface area contributed by atoms with Gasteiger partial charge in [-0.05, 0) is 42.5 Å². The first-order valence-electron chi connectivity index (χ1n) is 7.64. The standard InChI is InChI=1S/C18H13Cl2N3O2S/c19-12-3-6-14(15(20)7-12)18(25)23-10-26-9-16(23)17(24)22-13-4-1-11(8-21)2-5-13/h1-7,16H,9-10H2,(H,22,24). The quantitative estimate of drug-likeness (QED) is 0.836. The Balaban J connectivity index is 1.75. The van der Waals surface area contributed by atoms with E-state index in [-0.39, 0.29) is 16.8 Å². The predicted octanol–water partition coefficient (Wildman–Crippen LogP) is 4.02. The van der Waals surface area contributed by atoms with Gasteiger partial charge in [0, 0.05) is 16.5 Å². The van der Waals surface area contributed by atoms with Gasteiger partial charge in [-0.25, -0.2) is 0 Å². The zero-order valence-corrected chi connectivity index (χ0v) is 15.7. The Morgan fingerprint density at radius 2 is 1.92 bits per heavy atom. The third-order valence-electron chi connectivity index (χ3n) is 3.89. The average molecular weight is 406 g/mol. The normalized spacial score (nSPS) is 16.2. The molecule has 5 nitrogen and oxygen atoms in total. The molecule has 1 heterocycles. The Hall–Kier alpha value is -2.20. The molecule has 0 aliphatic carbocycles. The number of hydrogen-bond acceptors (Lipinski definition) is 4. The van der Waals surface area contributed by atoms with Crippen LogP contribution in [0, 0.1) is 11.3 Å². The molecule has 2 aromatic rings. The minimum Gasteiger partial charge on any atom is -0.324 e. The maximum Gasteiger partial charge on any atom is 0.256 e. The predicted molar refractivity (Wildman–Crippen MR) is 104 cm³/mol. The van der Waals surface area contributed by atoms with Crippen molar-refractivity contribution >= 4 is 52.5 Å². The van der Waals surface area contributed by atoms with Crippen LogP contribution in [0.15, 0.2) is 42.5 Å². The zero-order valence-electron chi connectivity index (χ0n) is 13.4. The molecular weight excluding hydrogens is 393 g/mol. The number of benzene rings is 2. The Bertz CT molecular complexity index is 896. The summed E-state index contributed by atoms with van der Waals surface area (Å²) in [5, 5.41) is 12.3. The largest absolute Gasteiger partial charge is 0.324 e. The summed E-state index contributed by atoms with van der Waals surface area (Å²) >= 11 is 13.5. The van der Waals surface area contributed by atoms with Crippen LogP contribution in [0.25, 0.3) is 0 Å². The first kappa shape index (κ1) is 18.6. The molecule has 1 saturated heterocycles. The number of rotatable bonds is 3. The van der Waals surface area contributed by atoms with Crippen molar-refractivity contribution in [3.63, 3.8) is 0 Å². The molecule has 1 aliphatic rings. The smallest absolute Gasteiger partial charge is 0.256 e. The molecule has 2 amide bonds. The Labute approximate surface area is 164 Å². The van der Waals surface area contributed by atoms with Gasteiger partial charge in [-0.3, -0.25) is 9.59 Å². The van der Waals surface area contributed by atoms with Gasteiger partial charge in [0.25, 0.3) is 5.91 Å². The fourth-order valence-electron chi connectivity index (χ4n) is 2.53. The minimum atomic E-state index is -0.602. The number of amides is 2. The number of nitrogens with one attached hydrogen (secondary N) is 1. The summed E-state index contributed by atoms with van der Waals surface area (Å²) in [6, 6.07) is 12.6. The SMILES string of the molecule is N#Cc1ccc(NC(=O)C2CSCN2C(=O)c2ccc(Cl)cc2Cl)cc1. The third kappa shape index (κ3) is 3.96. The second kappa shape index (κ2) is 8.00. The van der Waals surface area contributed by atoms with Crippen molar-refractivity contribution in [1.29, 1.82) is 5.26 Å². The van der Waals surface area contributed by atoms with Crippen LogP contribution < -0.4 is 5.32 Å². The van der Waals surface area contributed by atoms with E-state index in [9.17, 15) is 9.59 Å². The first-order valence-corrected chi connectivity index (χ1v) is 9.55. The van der Waals surface area contributed by atoms with Gasteiger partial charge in [0.1, 0.15) is 6.04 Å². The molecule has 2 aromatic carbocycles. The van der Waals surface area contributed by atoms with Crippen molar-refractivity contribution in [2.24, 2.45) is 0 Å². The van der Waals surface area contributed by atoms with E-state index in [0.29, 0.717) is 33.5 Å². The van der Waals surface area contributed by atoms with E-state index in [1.165, 1.54) is 22.7 Å². The van der Waals surface area contributed by atoms with Gasteiger partial charge in [-0.2, -0.15) is 5.26 Å². The molecule has 0 aromatic heterocycles. The maximum atomic E-state index is 12.8. The number of nitriles is 1. The monoisotopic (exact) mass is 405 g/mol. The molecule has 8 heteroatoms. The second-order valence-electron chi connectivity index (χ2n) is 5.59. The number of carbonyl (C=O) groups is 2. The summed E-state index contributed by atoms with van der Waals surface area (Å²) in [4.78, 5) is 26.9. The average Bonchev–Trinajstić information content (AvgIpc) is 3.12. The van der Waals surface area contributed by atoms with E-state index >= 15 is 0 Å². The highest BCUT2D eigenvalue weighted by atomic mass is 35.5. The van der Waals surface area contributed by atoms with E-state index in [4.69, 9.17) is 28.5 Å². The van der Waals surface area contributed by atoms with Gasteiger partial charge in [-0.1, -0.05) is 23.2 Å². The van der Waals surface area contributed by atoms with Gasteiger partial charge in [-0.15, -0.1) is 11.8 Å². The molecule has 1 aliphatic heterocycles. The van der Waals surface area contributed by atoms with E-state index < -0.39 is 6.04 Å². The number of halogens is 2. The lowest BCUT2D eigenvalue weighted by Gasteiger charge is -2.23. The van der Waals surface area contributed by atoms with Crippen LogP contribution in [0.5, 0.6) is 0 Å². The highest BCUT2D eigenvalue weighted by molar-refractivity contribution is 7.99. The van der Waals surface area contributed by atoms with Gasteiger partial charge in [0.05, 0.1) is 28.1 Å². The van der Waals surface area contributed by atoms with Crippen LogP contribution in [0.1, 0.15) is 15.9 Å². The van der Waals surface area contributed by atoms with E-state index in [1.807, 2.05) is 6.07 Å². The van der Waals surface area contributed by atoms with Gasteiger partial charge >= 0.3 is 0 Å². The van der Waals surface area contributed by atoms with Crippen molar-refractivity contribution in [3.8, 4) is 6.07 Å². The second-order valence-corrected chi connectivity index (χ2v) is 7.44. The summed E-state index contributed by atoms with van der Waals surface area (Å²) < 4.78 is 0. The van der Waals surface area contributed by atoms with Gasteiger partial charge in [0.15, 0.2) is 0 Å². The van der Waals surface area contributed by atoms with Crippen LogP contribution in [-0.2, 0) is 4.79 Å². The molecule has 3 rings (SSSR count). The summed E-state index contributed by atoms with van der Waals surface area (Å²) in [6.07, 6.45) is 0. The van der Waals surface area contributed by atoms with Crippen LogP contribution >= 0.6 is 35.0 Å². The van der Waals surface area contributed by atoms with Gasteiger partial charge < -0.3 is 10.2 Å². The fourth-order valence-corrected chi connectivity index (χ4v) is 4.17. The van der Waals surface area contributed by atoms with Crippen LogP contribution in [0.2, 0.25) is 10.0 Å². The molecule has 0 radical (unpaired) electrons. The molecule has 132 valence electrons. The minimum absolute atomic E-state index is 0.255. The van der Waals surface area contributed by atoms with Crippen molar-refractivity contribution < 1.29 is 9.59 Å². The maximum absolute atomic E-state index is 12.8. The molecule has 1 unspecified atom stereocenters. The van der Waals surface area contributed by atoms with Crippen LogP contribution in [-0.4, -0.2) is 34.4 Å². The van der Waals surface area contributed by atoms with Crippen molar-refractivity contribution in [2.45, 2.75) is 6.04 Å². The highest BCUT2D eigenvalue weighted by Crippen LogP contribution is 2.28. The Morgan fingerprint density at radius 3 is 2.58 bits per heavy atom. The summed E-state index contributed by atoms with van der Waals surface area (Å²) in [5.41, 5.74) is 1.39. The number of nitrogens with zero attached hydrogens (tertiary/aromatic N) is 2. The number of thioether (sulfide) groups is 1. The van der Waals surface area contributed by atoms with E-state index in [1.54, 1.807) is 36.4 Å². The highest BCUT2D eigenvalue weighted by Gasteiger charge is 2.35. The lowest BCUT2D eigenvalue weighted by Crippen LogP contribution is -2.44. The number of anilines is 1. The Morgan fingerprint density at radius 1 is 1.19 bits per heavy atom. The van der Waals surface area contributed by atoms with E-state index in [2.05, 4.69) is 5.32 Å². The van der Waals surface area contributed by atoms with E-state index in [0.717, 1.165) is 0 Å². The topological polar surface area (TPSA) is 73.2 Å². The molecule has 1 N–H and O–H groups in total. The molecule has 0 bridgehead atoms. The lowest BCUT2D eigenvalue weighted by atomic mass is 10.1. The van der Waals surface area contributed by atoms with Crippen molar-refractivity contribution in [3.05, 3.63) is 63.6 Å². The summed E-state index contributed by atoms with van der Waals surface area (Å²) in [6.45, 7) is 0. The molecule has 0 spiro atoms. The summed E-state index contributed by atoms with van der Waals surface area (Å²) in [5.74, 6) is 0.317. The van der Waals surface area contributed by atoms with Crippen LogP contribution in [0.4, 0.5) is 5.69 Å². The molecule has 1 atom stereocenters. The van der Waals surface area contributed by atoms with Crippen molar-refractivity contribution in [1.82, 2.24) is 4.90 Å². The molecular formula is C18H13Cl2N3O2S. The Kier molecular flexibility index (Phi) is 5.72. The molecule has 1 fully saturated rings. The first-order chi connectivity index (χ1) is 12.5. The lowest BCUT2D eigenvalue weighted by molar-refractivity contribution is -0.119. The van der Waals surface area contributed by atoms with Crippen molar-refractivity contribution in [2.75, 3.05) is 16.9 Å². The number of carbonyl (C=O) groups excluding carboxylic acids is 2. The van der Waals surface area contributed by atoms with Gasteiger partial charge in [0.2, 0.25) is 5.91 Å².